The zero-order chi connectivity index (χ0) is 21.4. The molecule has 7 heteroatoms. The molecule has 0 fully saturated rings. The van der Waals surface area contributed by atoms with Gasteiger partial charge in [0.05, 0.1) is 16.1 Å². The smallest absolute Gasteiger partial charge is 0.345 e. The van der Waals surface area contributed by atoms with Gasteiger partial charge in [-0.2, -0.15) is 0 Å². The fraction of sp³-hybridized carbons (Fsp3) is 0.0435. The number of Topliss-reactive ketones (excluding diaryl/α,β-unsaturated/α-hetero) is 1. The highest BCUT2D eigenvalue weighted by Crippen LogP contribution is 2.39. The standard InChI is InChI=1S/C23H13Cl3O4/c1-12-9-13(29-23(28)14-5-2-3-6-16(14)24)10-19-21(12)22(27)20(30-19)11-15-17(25)7-4-8-18(15)26/h2-11H,1H3/b20-11-. The van der Waals surface area contributed by atoms with Gasteiger partial charge in [-0.25, -0.2) is 4.79 Å². The third kappa shape index (κ3) is 3.82. The van der Waals surface area contributed by atoms with Crippen molar-refractivity contribution in [3.05, 3.63) is 97.7 Å². The number of carbonyl (C=O) groups excluding carboxylic acids is 2. The minimum absolute atomic E-state index is 0.0812. The average Bonchev–Trinajstić information content (AvgIpc) is 3.01. The summed E-state index contributed by atoms with van der Waals surface area (Å²) in [5.74, 6) is -0.305. The molecule has 4 rings (SSSR count). The van der Waals surface area contributed by atoms with Crippen LogP contribution in [0.5, 0.6) is 11.5 Å². The van der Waals surface area contributed by atoms with Crippen molar-refractivity contribution in [1.82, 2.24) is 0 Å². The fourth-order valence-corrected chi connectivity index (χ4v) is 3.82. The van der Waals surface area contributed by atoms with Crippen LogP contribution in [0.2, 0.25) is 15.1 Å². The highest BCUT2D eigenvalue weighted by atomic mass is 35.5. The molecule has 0 aliphatic carbocycles. The van der Waals surface area contributed by atoms with Gasteiger partial charge in [-0.05, 0) is 48.9 Å². The monoisotopic (exact) mass is 458 g/mol. The van der Waals surface area contributed by atoms with Gasteiger partial charge in [-0.3, -0.25) is 4.79 Å². The van der Waals surface area contributed by atoms with E-state index in [9.17, 15) is 9.59 Å². The molecule has 0 aromatic heterocycles. The summed E-state index contributed by atoms with van der Waals surface area (Å²) in [6.45, 7) is 1.73. The van der Waals surface area contributed by atoms with E-state index in [4.69, 9.17) is 44.3 Å². The van der Waals surface area contributed by atoms with Crippen molar-refractivity contribution >= 4 is 52.6 Å². The number of halogens is 3. The molecule has 0 saturated carbocycles. The van der Waals surface area contributed by atoms with Crippen LogP contribution in [0.25, 0.3) is 6.08 Å². The van der Waals surface area contributed by atoms with Crippen molar-refractivity contribution < 1.29 is 19.1 Å². The summed E-state index contributed by atoms with van der Waals surface area (Å²) in [5.41, 5.74) is 1.72. The third-order valence-electron chi connectivity index (χ3n) is 4.52. The Morgan fingerprint density at radius 3 is 2.33 bits per heavy atom. The molecule has 30 heavy (non-hydrogen) atoms. The lowest BCUT2D eigenvalue weighted by molar-refractivity contribution is 0.0734. The molecule has 0 amide bonds. The van der Waals surface area contributed by atoms with Gasteiger partial charge < -0.3 is 9.47 Å². The molecule has 3 aromatic rings. The second kappa shape index (κ2) is 8.15. The predicted octanol–water partition coefficient (Wildman–Crippen LogP) is 6.79. The van der Waals surface area contributed by atoms with Crippen LogP contribution < -0.4 is 9.47 Å². The molecular formula is C23H13Cl3O4. The maximum Gasteiger partial charge on any atom is 0.345 e. The van der Waals surface area contributed by atoms with Crippen molar-refractivity contribution in [3.8, 4) is 11.5 Å². The molecule has 4 nitrogen and oxygen atoms in total. The van der Waals surface area contributed by atoms with E-state index in [2.05, 4.69) is 0 Å². The van der Waals surface area contributed by atoms with E-state index in [1.165, 1.54) is 12.1 Å². The number of ether oxygens (including phenoxy) is 2. The predicted molar refractivity (Wildman–Crippen MR) is 117 cm³/mol. The highest BCUT2D eigenvalue weighted by Gasteiger charge is 2.31. The van der Waals surface area contributed by atoms with Gasteiger partial charge in [-0.1, -0.05) is 53.0 Å². The Labute approximate surface area is 187 Å². The van der Waals surface area contributed by atoms with Gasteiger partial charge in [-0.15, -0.1) is 0 Å². The van der Waals surface area contributed by atoms with E-state index in [-0.39, 0.29) is 33.6 Å². The van der Waals surface area contributed by atoms with Gasteiger partial charge in [0.1, 0.15) is 11.5 Å². The molecule has 0 bridgehead atoms. The Kier molecular flexibility index (Phi) is 5.56. The van der Waals surface area contributed by atoms with Crippen molar-refractivity contribution in [2.24, 2.45) is 0 Å². The molecule has 0 unspecified atom stereocenters. The normalized spacial score (nSPS) is 13.9. The summed E-state index contributed by atoms with van der Waals surface area (Å²) in [4.78, 5) is 25.3. The SMILES string of the molecule is Cc1cc(OC(=O)c2ccccc2Cl)cc2c1C(=O)/C(=C/c1c(Cl)cccc1Cl)O2. The first-order chi connectivity index (χ1) is 14.3. The lowest BCUT2D eigenvalue weighted by Crippen LogP contribution is -2.09. The first-order valence-electron chi connectivity index (χ1n) is 8.85. The Morgan fingerprint density at radius 2 is 1.63 bits per heavy atom. The number of benzene rings is 3. The number of hydrogen-bond acceptors (Lipinski definition) is 4. The lowest BCUT2D eigenvalue weighted by atomic mass is 10.0. The van der Waals surface area contributed by atoms with Crippen LogP contribution in [0.4, 0.5) is 0 Å². The summed E-state index contributed by atoms with van der Waals surface area (Å²) in [7, 11) is 0. The number of aryl methyl sites for hydroxylation is 1. The van der Waals surface area contributed by atoms with Crippen LogP contribution in [0.3, 0.4) is 0 Å². The van der Waals surface area contributed by atoms with E-state index in [1.807, 2.05) is 0 Å². The van der Waals surface area contributed by atoms with Crippen LogP contribution in [0.1, 0.15) is 31.8 Å². The molecule has 1 aliphatic rings. The summed E-state index contributed by atoms with van der Waals surface area (Å²) in [6, 6.07) is 14.7. The summed E-state index contributed by atoms with van der Waals surface area (Å²) >= 11 is 18.4. The minimum Gasteiger partial charge on any atom is -0.452 e. The lowest BCUT2D eigenvalue weighted by Gasteiger charge is -2.08. The van der Waals surface area contributed by atoms with Crippen LogP contribution in [-0.2, 0) is 0 Å². The van der Waals surface area contributed by atoms with Crippen molar-refractivity contribution in [2.45, 2.75) is 6.92 Å². The molecule has 0 atom stereocenters. The zero-order valence-electron chi connectivity index (χ0n) is 15.5. The summed E-state index contributed by atoms with van der Waals surface area (Å²) in [5, 5.41) is 1.08. The van der Waals surface area contributed by atoms with Gasteiger partial charge in [0.25, 0.3) is 0 Å². The molecule has 1 heterocycles. The largest absolute Gasteiger partial charge is 0.452 e. The van der Waals surface area contributed by atoms with E-state index in [1.54, 1.807) is 55.5 Å². The van der Waals surface area contributed by atoms with E-state index < -0.39 is 5.97 Å². The van der Waals surface area contributed by atoms with Crippen molar-refractivity contribution in [2.75, 3.05) is 0 Å². The molecule has 1 aliphatic heterocycles. The highest BCUT2D eigenvalue weighted by molar-refractivity contribution is 6.37. The Hall–Kier alpha value is -2.79. The third-order valence-corrected chi connectivity index (χ3v) is 5.51. The molecule has 0 radical (unpaired) electrons. The van der Waals surface area contributed by atoms with E-state index in [0.717, 1.165) is 0 Å². The molecule has 3 aromatic carbocycles. The molecule has 0 saturated heterocycles. The number of esters is 1. The Bertz CT molecular complexity index is 1210. The number of carbonyl (C=O) groups is 2. The van der Waals surface area contributed by atoms with Crippen molar-refractivity contribution in [3.63, 3.8) is 0 Å². The maximum atomic E-state index is 12.8. The second-order valence-electron chi connectivity index (χ2n) is 6.56. The topological polar surface area (TPSA) is 52.6 Å². The number of ketones is 1. The molecule has 150 valence electrons. The molecular weight excluding hydrogens is 447 g/mol. The first-order valence-corrected chi connectivity index (χ1v) is 9.98. The maximum absolute atomic E-state index is 12.8. The van der Waals surface area contributed by atoms with Crippen molar-refractivity contribution in [1.29, 1.82) is 0 Å². The Morgan fingerprint density at radius 1 is 0.967 bits per heavy atom. The number of hydrogen-bond donors (Lipinski definition) is 0. The van der Waals surface area contributed by atoms with Crippen LogP contribution >= 0.6 is 34.8 Å². The average molecular weight is 460 g/mol. The molecule has 0 spiro atoms. The number of allylic oxidation sites excluding steroid dienone is 1. The minimum atomic E-state index is -0.608. The summed E-state index contributed by atoms with van der Waals surface area (Å²) in [6.07, 6.45) is 1.50. The van der Waals surface area contributed by atoms with Crippen LogP contribution in [0.15, 0.2) is 60.4 Å². The Balaban J connectivity index is 1.65. The summed E-state index contributed by atoms with van der Waals surface area (Å²) < 4.78 is 11.2. The van der Waals surface area contributed by atoms with Crippen LogP contribution in [-0.4, -0.2) is 11.8 Å². The first kappa shape index (κ1) is 20.5. The van der Waals surface area contributed by atoms with Gasteiger partial charge in [0.15, 0.2) is 5.76 Å². The molecule has 0 N–H and O–H groups in total. The zero-order valence-corrected chi connectivity index (χ0v) is 17.8. The fourth-order valence-electron chi connectivity index (χ4n) is 3.10. The van der Waals surface area contributed by atoms with Gasteiger partial charge in [0, 0.05) is 21.7 Å². The van der Waals surface area contributed by atoms with Gasteiger partial charge >= 0.3 is 5.97 Å². The van der Waals surface area contributed by atoms with Gasteiger partial charge in [0.2, 0.25) is 5.78 Å². The van der Waals surface area contributed by atoms with E-state index >= 15 is 0 Å². The quantitative estimate of drug-likeness (QED) is 0.246. The van der Waals surface area contributed by atoms with E-state index in [0.29, 0.717) is 26.7 Å². The van der Waals surface area contributed by atoms with Crippen LogP contribution in [0, 0.1) is 6.92 Å². The number of fused-ring (bicyclic) bond motifs is 1. The second-order valence-corrected chi connectivity index (χ2v) is 7.78. The number of rotatable bonds is 3.